The highest BCUT2D eigenvalue weighted by atomic mass is 16.5. The quantitative estimate of drug-likeness (QED) is 0.492. The van der Waals surface area contributed by atoms with Crippen LogP contribution >= 0.6 is 0 Å². The van der Waals surface area contributed by atoms with Crippen LogP contribution in [-0.4, -0.2) is 62.1 Å². The number of carbonyl (C=O) groups excluding carboxylic acids is 2. The maximum atomic E-state index is 12.6. The zero-order valence-electron chi connectivity index (χ0n) is 17.9. The lowest BCUT2D eigenvalue weighted by atomic mass is 10.1. The number of nitrogens with two attached hydrogens (primary N) is 1. The first-order valence-corrected chi connectivity index (χ1v) is 9.95. The molecule has 0 spiro atoms. The number of primary amides is 1. The van der Waals surface area contributed by atoms with E-state index >= 15 is 0 Å². The summed E-state index contributed by atoms with van der Waals surface area (Å²) in [6.07, 6.45) is -0.936. The fourth-order valence-corrected chi connectivity index (χ4v) is 3.20. The molecule has 2 amide bonds. The maximum Gasteiger partial charge on any atom is 0.267 e. The number of hydrogen-bond donors (Lipinski definition) is 3. The van der Waals surface area contributed by atoms with E-state index < -0.39 is 24.0 Å². The predicted molar refractivity (Wildman–Crippen MR) is 118 cm³/mol. The van der Waals surface area contributed by atoms with Gasteiger partial charge < -0.3 is 30.4 Å². The van der Waals surface area contributed by atoms with Crippen LogP contribution in [-0.2, 0) is 9.59 Å². The number of amides is 2. The van der Waals surface area contributed by atoms with Gasteiger partial charge in [0, 0.05) is 13.0 Å². The SMILES string of the molecule is COc1cccc(OC)c1OCC(O)CNC(=O)C1=NN(c2ccccc2)C(C(N)=O)C1. The Balaban J connectivity index is 1.58. The van der Waals surface area contributed by atoms with Gasteiger partial charge in [-0.1, -0.05) is 24.3 Å². The Hall–Kier alpha value is -3.79. The van der Waals surface area contributed by atoms with Crippen molar-refractivity contribution in [1.82, 2.24) is 5.32 Å². The van der Waals surface area contributed by atoms with Crippen molar-refractivity contribution < 1.29 is 28.9 Å². The van der Waals surface area contributed by atoms with Gasteiger partial charge in [0.25, 0.3) is 5.91 Å². The highest BCUT2D eigenvalue weighted by Crippen LogP contribution is 2.36. The van der Waals surface area contributed by atoms with Crippen LogP contribution in [0.5, 0.6) is 17.2 Å². The van der Waals surface area contributed by atoms with E-state index in [-0.39, 0.29) is 25.3 Å². The number of ether oxygens (including phenoxy) is 3. The summed E-state index contributed by atoms with van der Waals surface area (Å²) in [4.78, 5) is 24.4. The number of hydrogen-bond acceptors (Lipinski definition) is 8. The van der Waals surface area contributed by atoms with E-state index in [0.29, 0.717) is 22.9 Å². The minimum Gasteiger partial charge on any atom is -0.493 e. The van der Waals surface area contributed by atoms with Crippen LogP contribution in [0, 0.1) is 0 Å². The van der Waals surface area contributed by atoms with Crippen molar-refractivity contribution in [3.05, 3.63) is 48.5 Å². The molecule has 0 radical (unpaired) electrons. The van der Waals surface area contributed by atoms with Crippen molar-refractivity contribution in [3.63, 3.8) is 0 Å². The molecule has 0 saturated heterocycles. The number of aliphatic hydroxyl groups excluding tert-OH is 1. The number of para-hydroxylation sites is 2. The molecule has 1 aliphatic heterocycles. The van der Waals surface area contributed by atoms with Crippen molar-refractivity contribution in [1.29, 1.82) is 0 Å². The Morgan fingerprint density at radius 3 is 2.41 bits per heavy atom. The van der Waals surface area contributed by atoms with E-state index in [1.807, 2.05) is 6.07 Å². The van der Waals surface area contributed by atoms with Gasteiger partial charge in [0.1, 0.15) is 24.5 Å². The molecule has 2 atom stereocenters. The molecule has 0 saturated carbocycles. The van der Waals surface area contributed by atoms with Crippen molar-refractivity contribution in [3.8, 4) is 17.2 Å². The summed E-state index contributed by atoms with van der Waals surface area (Å²) in [6, 6.07) is 13.4. The first kappa shape index (κ1) is 22.9. The van der Waals surface area contributed by atoms with Gasteiger partial charge in [0.05, 0.1) is 19.9 Å². The lowest BCUT2D eigenvalue weighted by Crippen LogP contribution is -2.41. The van der Waals surface area contributed by atoms with Gasteiger partial charge in [-0.3, -0.25) is 14.6 Å². The molecule has 1 aliphatic rings. The number of benzene rings is 2. The van der Waals surface area contributed by atoms with Gasteiger partial charge in [-0.2, -0.15) is 5.10 Å². The van der Waals surface area contributed by atoms with Gasteiger partial charge in [-0.25, -0.2) is 0 Å². The maximum absolute atomic E-state index is 12.6. The van der Waals surface area contributed by atoms with Crippen LogP contribution in [0.15, 0.2) is 53.6 Å². The highest BCUT2D eigenvalue weighted by Gasteiger charge is 2.35. The van der Waals surface area contributed by atoms with Crippen LogP contribution in [0.3, 0.4) is 0 Å². The van der Waals surface area contributed by atoms with Gasteiger partial charge in [0.2, 0.25) is 11.7 Å². The molecule has 0 aliphatic carbocycles. The Morgan fingerprint density at radius 2 is 1.81 bits per heavy atom. The van der Waals surface area contributed by atoms with E-state index in [0.717, 1.165) is 0 Å². The third-order valence-corrected chi connectivity index (χ3v) is 4.82. The number of rotatable bonds is 10. The number of nitrogens with one attached hydrogen (secondary N) is 1. The highest BCUT2D eigenvalue weighted by molar-refractivity contribution is 6.40. The average molecular weight is 442 g/mol. The number of carbonyl (C=O) groups is 2. The molecule has 170 valence electrons. The molecule has 1 heterocycles. The molecule has 0 fully saturated rings. The Kier molecular flexibility index (Phi) is 7.50. The van der Waals surface area contributed by atoms with Gasteiger partial charge in [-0.15, -0.1) is 0 Å². The van der Waals surface area contributed by atoms with Crippen molar-refractivity contribution >= 4 is 23.2 Å². The largest absolute Gasteiger partial charge is 0.493 e. The van der Waals surface area contributed by atoms with Gasteiger partial charge >= 0.3 is 0 Å². The fourth-order valence-electron chi connectivity index (χ4n) is 3.20. The first-order chi connectivity index (χ1) is 15.4. The number of methoxy groups -OCH3 is 2. The summed E-state index contributed by atoms with van der Waals surface area (Å²) < 4.78 is 16.1. The Labute approximate surface area is 185 Å². The Morgan fingerprint density at radius 1 is 1.16 bits per heavy atom. The summed E-state index contributed by atoms with van der Waals surface area (Å²) in [5.41, 5.74) is 6.29. The van der Waals surface area contributed by atoms with Crippen LogP contribution in [0.25, 0.3) is 0 Å². The van der Waals surface area contributed by atoms with Crippen molar-refractivity contribution in [2.75, 3.05) is 32.4 Å². The van der Waals surface area contributed by atoms with Crippen LogP contribution in [0.4, 0.5) is 5.69 Å². The number of aliphatic hydroxyl groups is 1. The number of nitrogens with zero attached hydrogens (tertiary/aromatic N) is 2. The normalized spacial score (nSPS) is 16.2. The minimum absolute atomic E-state index is 0.0705. The molecule has 2 aromatic carbocycles. The smallest absolute Gasteiger partial charge is 0.267 e. The second kappa shape index (κ2) is 10.5. The van der Waals surface area contributed by atoms with E-state index in [1.54, 1.807) is 42.5 Å². The molecule has 10 nitrogen and oxygen atoms in total. The third kappa shape index (κ3) is 5.27. The topological polar surface area (TPSA) is 136 Å². The second-order valence-corrected chi connectivity index (χ2v) is 7.02. The summed E-state index contributed by atoms with van der Waals surface area (Å²) in [5.74, 6) is 0.188. The van der Waals surface area contributed by atoms with E-state index in [1.165, 1.54) is 19.2 Å². The predicted octanol–water partition coefficient (Wildman–Crippen LogP) is 0.680. The molecular formula is C22H26N4O6. The molecular weight excluding hydrogens is 416 g/mol. The summed E-state index contributed by atoms with van der Waals surface area (Å²) in [7, 11) is 3.00. The monoisotopic (exact) mass is 442 g/mol. The first-order valence-electron chi connectivity index (χ1n) is 9.95. The van der Waals surface area contributed by atoms with Gasteiger partial charge in [-0.05, 0) is 24.3 Å². The van der Waals surface area contributed by atoms with Crippen molar-refractivity contribution in [2.45, 2.75) is 18.6 Å². The lowest BCUT2D eigenvalue weighted by molar-refractivity contribution is -0.119. The molecule has 0 bridgehead atoms. The molecule has 2 aromatic rings. The summed E-state index contributed by atoms with van der Waals surface area (Å²) >= 11 is 0. The van der Waals surface area contributed by atoms with E-state index in [9.17, 15) is 14.7 Å². The minimum atomic E-state index is -1.01. The second-order valence-electron chi connectivity index (χ2n) is 7.02. The molecule has 2 unspecified atom stereocenters. The molecule has 4 N–H and O–H groups in total. The molecule has 3 rings (SSSR count). The Bertz CT molecular complexity index is 959. The van der Waals surface area contributed by atoms with Crippen LogP contribution in [0.1, 0.15) is 6.42 Å². The molecule has 10 heteroatoms. The summed E-state index contributed by atoms with van der Waals surface area (Å²) in [6.45, 7) is -0.189. The molecule has 0 aromatic heterocycles. The summed E-state index contributed by atoms with van der Waals surface area (Å²) in [5, 5.41) is 18.6. The average Bonchev–Trinajstić information content (AvgIpc) is 3.27. The number of hydrazone groups is 1. The number of anilines is 1. The zero-order valence-corrected chi connectivity index (χ0v) is 17.9. The van der Waals surface area contributed by atoms with E-state index in [4.69, 9.17) is 19.9 Å². The lowest BCUT2D eigenvalue weighted by Gasteiger charge is -2.20. The van der Waals surface area contributed by atoms with Crippen LogP contribution in [0.2, 0.25) is 0 Å². The van der Waals surface area contributed by atoms with Gasteiger partial charge in [0.15, 0.2) is 11.5 Å². The zero-order chi connectivity index (χ0) is 23.1. The third-order valence-electron chi connectivity index (χ3n) is 4.82. The molecule has 32 heavy (non-hydrogen) atoms. The fraction of sp³-hybridized carbons (Fsp3) is 0.318. The van der Waals surface area contributed by atoms with Crippen LogP contribution < -0.4 is 30.3 Å². The standard InChI is InChI=1S/C22H26N4O6/c1-30-18-9-6-10-19(31-2)20(18)32-13-15(27)12-24-22(29)16-11-17(21(23)28)26(25-16)14-7-4-3-5-8-14/h3-10,15,17,27H,11-13H2,1-2H3,(H2,23,28)(H,24,29). The van der Waals surface area contributed by atoms with E-state index in [2.05, 4.69) is 10.4 Å². The van der Waals surface area contributed by atoms with Crippen molar-refractivity contribution in [2.24, 2.45) is 10.8 Å².